The van der Waals surface area contributed by atoms with Crippen LogP contribution in [0.2, 0.25) is 0 Å². The van der Waals surface area contributed by atoms with Gasteiger partial charge in [0.05, 0.1) is 12.6 Å². The van der Waals surface area contributed by atoms with E-state index in [1.807, 2.05) is 0 Å². The number of nitrogens with one attached hydrogen (secondary N) is 1. The molecule has 0 aromatic rings. The highest BCUT2D eigenvalue weighted by Gasteiger charge is 2.32. The molecule has 3 N–H and O–H groups in total. The van der Waals surface area contributed by atoms with E-state index < -0.39 is 0 Å². The summed E-state index contributed by atoms with van der Waals surface area (Å²) in [7, 11) is 0. The van der Waals surface area contributed by atoms with Crippen molar-refractivity contribution in [3.63, 3.8) is 0 Å². The molecule has 0 spiro atoms. The Balaban J connectivity index is 2.23. The van der Waals surface area contributed by atoms with Crippen molar-refractivity contribution in [2.24, 2.45) is 11.7 Å². The number of carbonyl (C=O) groups excluding carboxylic acids is 1. The van der Waals surface area contributed by atoms with Gasteiger partial charge in [0.25, 0.3) is 0 Å². The minimum Gasteiger partial charge on any atom is -0.344 e. The SMILES string of the molecule is C#CCNC(=O)C(N)C1CC1. The maximum atomic E-state index is 11.1. The van der Waals surface area contributed by atoms with Crippen molar-refractivity contribution in [2.45, 2.75) is 18.9 Å². The van der Waals surface area contributed by atoms with Gasteiger partial charge in [0.2, 0.25) is 5.91 Å². The van der Waals surface area contributed by atoms with Gasteiger partial charge in [-0.05, 0) is 18.8 Å². The van der Waals surface area contributed by atoms with Crippen molar-refractivity contribution in [3.8, 4) is 12.3 Å². The molecule has 3 nitrogen and oxygen atoms in total. The molecule has 0 radical (unpaired) electrons. The molecule has 1 amide bonds. The Hall–Kier alpha value is -1.01. The first-order valence-corrected chi connectivity index (χ1v) is 3.72. The summed E-state index contributed by atoms with van der Waals surface area (Å²) in [6.45, 7) is 0.277. The van der Waals surface area contributed by atoms with Gasteiger partial charge in [-0.25, -0.2) is 0 Å². The van der Waals surface area contributed by atoms with Gasteiger partial charge in [-0.2, -0.15) is 0 Å². The second-order valence-corrected chi connectivity index (χ2v) is 2.79. The second kappa shape index (κ2) is 3.40. The number of hydrogen-bond acceptors (Lipinski definition) is 2. The molecule has 1 aliphatic rings. The van der Waals surface area contributed by atoms with E-state index in [0.717, 1.165) is 12.8 Å². The summed E-state index contributed by atoms with van der Waals surface area (Å²) in [5, 5.41) is 2.55. The average Bonchev–Trinajstić information content (AvgIpc) is 2.81. The minimum atomic E-state index is -0.344. The van der Waals surface area contributed by atoms with Gasteiger partial charge in [-0.1, -0.05) is 5.92 Å². The molecule has 1 fully saturated rings. The van der Waals surface area contributed by atoms with Crippen molar-refractivity contribution in [2.75, 3.05) is 6.54 Å². The third kappa shape index (κ3) is 2.24. The zero-order valence-corrected chi connectivity index (χ0v) is 6.34. The fourth-order valence-electron chi connectivity index (χ4n) is 0.925. The maximum absolute atomic E-state index is 11.1. The number of terminal acetylenes is 1. The molecule has 0 aliphatic heterocycles. The van der Waals surface area contributed by atoms with Gasteiger partial charge < -0.3 is 11.1 Å². The Labute approximate surface area is 66.3 Å². The first-order valence-electron chi connectivity index (χ1n) is 3.72. The predicted octanol–water partition coefficient (Wildman–Crippen LogP) is -0.527. The van der Waals surface area contributed by atoms with E-state index in [0.29, 0.717) is 5.92 Å². The van der Waals surface area contributed by atoms with Gasteiger partial charge in [-0.3, -0.25) is 4.79 Å². The standard InChI is InChI=1S/C8H12N2O/c1-2-5-10-8(11)7(9)6-3-4-6/h1,6-7H,3-5,9H2,(H,10,11). The highest BCUT2D eigenvalue weighted by Crippen LogP contribution is 2.31. The monoisotopic (exact) mass is 152 g/mol. The highest BCUT2D eigenvalue weighted by molar-refractivity contribution is 5.82. The number of rotatable bonds is 3. The zero-order chi connectivity index (χ0) is 8.27. The van der Waals surface area contributed by atoms with Crippen molar-refractivity contribution in [3.05, 3.63) is 0 Å². The van der Waals surface area contributed by atoms with Gasteiger partial charge in [-0.15, -0.1) is 6.42 Å². The molecule has 0 aromatic carbocycles. The van der Waals surface area contributed by atoms with Crippen LogP contribution in [0.25, 0.3) is 0 Å². The topological polar surface area (TPSA) is 55.1 Å². The van der Waals surface area contributed by atoms with Crippen LogP contribution < -0.4 is 11.1 Å². The van der Waals surface area contributed by atoms with Crippen molar-refractivity contribution >= 4 is 5.91 Å². The highest BCUT2D eigenvalue weighted by atomic mass is 16.2. The van der Waals surface area contributed by atoms with E-state index in [4.69, 9.17) is 12.2 Å². The fraction of sp³-hybridized carbons (Fsp3) is 0.625. The van der Waals surface area contributed by atoms with Crippen molar-refractivity contribution in [1.29, 1.82) is 0 Å². The van der Waals surface area contributed by atoms with Gasteiger partial charge in [0, 0.05) is 0 Å². The molecule has 0 bridgehead atoms. The summed E-state index contributed by atoms with van der Waals surface area (Å²) in [4.78, 5) is 11.1. The number of amides is 1. The molecule has 0 aromatic heterocycles. The van der Waals surface area contributed by atoms with Crippen LogP contribution >= 0.6 is 0 Å². The Morgan fingerprint density at radius 1 is 1.82 bits per heavy atom. The largest absolute Gasteiger partial charge is 0.344 e. The predicted molar refractivity (Wildman–Crippen MR) is 42.5 cm³/mol. The van der Waals surface area contributed by atoms with Crippen LogP contribution in [0.15, 0.2) is 0 Å². The first kappa shape index (κ1) is 8.09. The lowest BCUT2D eigenvalue weighted by Gasteiger charge is -2.08. The van der Waals surface area contributed by atoms with Gasteiger partial charge >= 0.3 is 0 Å². The van der Waals surface area contributed by atoms with Crippen LogP contribution in [-0.2, 0) is 4.79 Å². The quantitative estimate of drug-likeness (QED) is 0.534. The summed E-state index contributed by atoms with van der Waals surface area (Å²) < 4.78 is 0. The first-order chi connectivity index (χ1) is 5.25. The molecule has 3 heteroatoms. The molecular weight excluding hydrogens is 140 g/mol. The molecule has 0 saturated heterocycles. The Morgan fingerprint density at radius 3 is 2.91 bits per heavy atom. The van der Waals surface area contributed by atoms with E-state index >= 15 is 0 Å². The zero-order valence-electron chi connectivity index (χ0n) is 6.34. The number of carbonyl (C=O) groups is 1. The van der Waals surface area contributed by atoms with Crippen molar-refractivity contribution in [1.82, 2.24) is 5.32 Å². The van der Waals surface area contributed by atoms with Gasteiger partial charge in [0.15, 0.2) is 0 Å². The third-order valence-corrected chi connectivity index (χ3v) is 1.80. The summed E-state index contributed by atoms with van der Waals surface area (Å²) >= 11 is 0. The van der Waals surface area contributed by atoms with E-state index in [9.17, 15) is 4.79 Å². The summed E-state index contributed by atoms with van der Waals surface area (Å²) in [5.74, 6) is 2.60. The summed E-state index contributed by atoms with van der Waals surface area (Å²) in [6.07, 6.45) is 7.11. The molecule has 11 heavy (non-hydrogen) atoms. The van der Waals surface area contributed by atoms with Crippen LogP contribution in [0.5, 0.6) is 0 Å². The molecule has 1 saturated carbocycles. The van der Waals surface area contributed by atoms with Gasteiger partial charge in [0.1, 0.15) is 0 Å². The van der Waals surface area contributed by atoms with E-state index in [2.05, 4.69) is 11.2 Å². The Morgan fingerprint density at radius 2 is 2.45 bits per heavy atom. The van der Waals surface area contributed by atoms with Crippen LogP contribution in [0.1, 0.15) is 12.8 Å². The second-order valence-electron chi connectivity index (χ2n) is 2.79. The van der Waals surface area contributed by atoms with E-state index in [-0.39, 0.29) is 18.5 Å². The third-order valence-electron chi connectivity index (χ3n) is 1.80. The molecule has 1 atom stereocenters. The minimum absolute atomic E-state index is 0.120. The Bertz CT molecular complexity index is 191. The van der Waals surface area contributed by atoms with E-state index in [1.54, 1.807) is 0 Å². The molecular formula is C8H12N2O. The van der Waals surface area contributed by atoms with Crippen LogP contribution in [0, 0.1) is 18.3 Å². The van der Waals surface area contributed by atoms with E-state index in [1.165, 1.54) is 0 Å². The Kier molecular flexibility index (Phi) is 2.50. The van der Waals surface area contributed by atoms with Crippen molar-refractivity contribution < 1.29 is 4.79 Å². The van der Waals surface area contributed by atoms with Crippen LogP contribution in [0.4, 0.5) is 0 Å². The maximum Gasteiger partial charge on any atom is 0.237 e. The molecule has 0 heterocycles. The smallest absolute Gasteiger partial charge is 0.237 e. The average molecular weight is 152 g/mol. The summed E-state index contributed by atoms with van der Waals surface area (Å²) in [6, 6.07) is -0.344. The molecule has 60 valence electrons. The number of nitrogens with two attached hydrogens (primary N) is 1. The van der Waals surface area contributed by atoms with Crippen LogP contribution in [-0.4, -0.2) is 18.5 Å². The molecule has 1 aliphatic carbocycles. The fourth-order valence-corrected chi connectivity index (χ4v) is 0.925. The molecule has 1 rings (SSSR count). The summed E-state index contributed by atoms with van der Waals surface area (Å²) in [5.41, 5.74) is 5.58. The number of hydrogen-bond donors (Lipinski definition) is 2. The lowest BCUT2D eigenvalue weighted by Crippen LogP contribution is -2.42. The normalized spacial score (nSPS) is 18.5. The van der Waals surface area contributed by atoms with Crippen LogP contribution in [0.3, 0.4) is 0 Å². The lowest BCUT2D eigenvalue weighted by molar-refractivity contribution is -0.122. The lowest BCUT2D eigenvalue weighted by atomic mass is 10.2. The molecule has 1 unspecified atom stereocenters.